The van der Waals surface area contributed by atoms with Gasteiger partial charge in [0, 0.05) is 53.0 Å². The number of hydrogen-bond acceptors (Lipinski definition) is 4. The molecular weight excluding hydrogens is 294 g/mol. The number of urea groups is 1. The van der Waals surface area contributed by atoms with E-state index in [9.17, 15) is 4.79 Å². The summed E-state index contributed by atoms with van der Waals surface area (Å²) in [6, 6.07) is 8.18. The molecule has 0 saturated carbocycles. The number of carbonyl (C=O) groups excluding carboxylic acids is 1. The highest BCUT2D eigenvalue weighted by Gasteiger charge is 2.20. The maximum atomic E-state index is 12.0. The minimum Gasteiger partial charge on any atom is -0.497 e. The molecule has 0 unspecified atom stereocenters. The quantitative estimate of drug-likeness (QED) is 0.775. The molecular formula is C17H27N3O3. The van der Waals surface area contributed by atoms with Crippen molar-refractivity contribution in [2.45, 2.75) is 13.0 Å². The Kier molecular flexibility index (Phi) is 7.16. The van der Waals surface area contributed by atoms with Crippen LogP contribution in [-0.4, -0.2) is 69.4 Å². The van der Waals surface area contributed by atoms with E-state index in [0.717, 1.165) is 44.9 Å². The number of piperazine rings is 1. The molecule has 1 N–H and O–H groups in total. The van der Waals surface area contributed by atoms with E-state index in [0.29, 0.717) is 13.2 Å². The zero-order chi connectivity index (χ0) is 16.5. The van der Waals surface area contributed by atoms with Crippen LogP contribution in [-0.2, 0) is 11.3 Å². The Morgan fingerprint density at radius 2 is 1.83 bits per heavy atom. The Hall–Kier alpha value is -1.79. The fourth-order valence-electron chi connectivity index (χ4n) is 2.62. The SMILES string of the molecule is COCCCNC(=O)N1CCN(Cc2ccc(OC)cc2)CC1. The number of rotatable bonds is 7. The van der Waals surface area contributed by atoms with Crippen molar-refractivity contribution in [1.29, 1.82) is 0 Å². The first-order chi connectivity index (χ1) is 11.2. The third-order valence-electron chi connectivity index (χ3n) is 4.03. The van der Waals surface area contributed by atoms with Gasteiger partial charge in [-0.2, -0.15) is 0 Å². The topological polar surface area (TPSA) is 54.0 Å². The van der Waals surface area contributed by atoms with E-state index >= 15 is 0 Å². The van der Waals surface area contributed by atoms with Crippen molar-refractivity contribution in [2.24, 2.45) is 0 Å². The van der Waals surface area contributed by atoms with E-state index < -0.39 is 0 Å². The van der Waals surface area contributed by atoms with E-state index in [-0.39, 0.29) is 6.03 Å². The molecule has 6 nitrogen and oxygen atoms in total. The monoisotopic (exact) mass is 321 g/mol. The van der Waals surface area contributed by atoms with Crippen molar-refractivity contribution >= 4 is 6.03 Å². The minimum atomic E-state index is 0.0326. The van der Waals surface area contributed by atoms with Gasteiger partial charge >= 0.3 is 6.03 Å². The van der Waals surface area contributed by atoms with Gasteiger partial charge in [-0.25, -0.2) is 4.79 Å². The van der Waals surface area contributed by atoms with Crippen LogP contribution in [0.1, 0.15) is 12.0 Å². The molecule has 2 amide bonds. The standard InChI is InChI=1S/C17H27N3O3/c1-22-13-3-8-18-17(21)20-11-9-19(10-12-20)14-15-4-6-16(23-2)7-5-15/h4-7H,3,8-14H2,1-2H3,(H,18,21). The average molecular weight is 321 g/mol. The summed E-state index contributed by atoms with van der Waals surface area (Å²) in [7, 11) is 3.35. The molecule has 1 aromatic rings. The van der Waals surface area contributed by atoms with Crippen LogP contribution in [0.4, 0.5) is 4.79 Å². The number of carbonyl (C=O) groups is 1. The van der Waals surface area contributed by atoms with Crippen molar-refractivity contribution in [1.82, 2.24) is 15.1 Å². The van der Waals surface area contributed by atoms with Crippen molar-refractivity contribution < 1.29 is 14.3 Å². The van der Waals surface area contributed by atoms with E-state index in [1.54, 1.807) is 14.2 Å². The predicted molar refractivity (Wildman–Crippen MR) is 89.7 cm³/mol. The molecule has 1 aliphatic rings. The Balaban J connectivity index is 1.69. The van der Waals surface area contributed by atoms with Crippen LogP contribution in [0.15, 0.2) is 24.3 Å². The summed E-state index contributed by atoms with van der Waals surface area (Å²) in [6.07, 6.45) is 0.847. The highest BCUT2D eigenvalue weighted by molar-refractivity contribution is 5.74. The maximum Gasteiger partial charge on any atom is 0.317 e. The van der Waals surface area contributed by atoms with Crippen LogP contribution in [0.2, 0.25) is 0 Å². The first kappa shape index (κ1) is 17.6. The second-order valence-electron chi connectivity index (χ2n) is 5.69. The molecule has 1 aromatic carbocycles. The lowest BCUT2D eigenvalue weighted by molar-refractivity contribution is 0.134. The van der Waals surface area contributed by atoms with E-state index in [4.69, 9.17) is 9.47 Å². The Bertz CT molecular complexity index is 470. The van der Waals surface area contributed by atoms with Gasteiger partial charge in [0.1, 0.15) is 5.75 Å². The molecule has 0 bridgehead atoms. The van der Waals surface area contributed by atoms with Crippen LogP contribution in [0, 0.1) is 0 Å². The van der Waals surface area contributed by atoms with Gasteiger partial charge in [-0.3, -0.25) is 4.90 Å². The number of hydrogen-bond donors (Lipinski definition) is 1. The van der Waals surface area contributed by atoms with Gasteiger partial charge in [-0.1, -0.05) is 12.1 Å². The number of methoxy groups -OCH3 is 2. The van der Waals surface area contributed by atoms with E-state index in [2.05, 4.69) is 22.3 Å². The highest BCUT2D eigenvalue weighted by Crippen LogP contribution is 2.14. The van der Waals surface area contributed by atoms with Crippen LogP contribution < -0.4 is 10.1 Å². The lowest BCUT2D eigenvalue weighted by atomic mass is 10.2. The van der Waals surface area contributed by atoms with Crippen molar-refractivity contribution in [3.05, 3.63) is 29.8 Å². The first-order valence-corrected chi connectivity index (χ1v) is 8.10. The summed E-state index contributed by atoms with van der Waals surface area (Å²) < 4.78 is 10.1. The molecule has 0 aliphatic carbocycles. The molecule has 0 radical (unpaired) electrons. The van der Waals surface area contributed by atoms with E-state index in [1.807, 2.05) is 17.0 Å². The van der Waals surface area contributed by atoms with E-state index in [1.165, 1.54) is 5.56 Å². The third-order valence-corrected chi connectivity index (χ3v) is 4.03. The van der Waals surface area contributed by atoms with Gasteiger partial charge < -0.3 is 19.7 Å². The number of nitrogens with one attached hydrogen (secondary N) is 1. The van der Waals surface area contributed by atoms with Crippen molar-refractivity contribution in [2.75, 3.05) is 53.6 Å². The van der Waals surface area contributed by atoms with Crippen LogP contribution in [0.25, 0.3) is 0 Å². The molecule has 1 saturated heterocycles. The Labute approximate surface area is 138 Å². The Morgan fingerprint density at radius 1 is 1.13 bits per heavy atom. The highest BCUT2D eigenvalue weighted by atomic mass is 16.5. The molecule has 1 aliphatic heterocycles. The van der Waals surface area contributed by atoms with Crippen molar-refractivity contribution in [3.8, 4) is 5.75 Å². The van der Waals surface area contributed by atoms with Gasteiger partial charge in [0.15, 0.2) is 0 Å². The van der Waals surface area contributed by atoms with Gasteiger partial charge in [0.05, 0.1) is 7.11 Å². The fourth-order valence-corrected chi connectivity index (χ4v) is 2.62. The van der Waals surface area contributed by atoms with Crippen LogP contribution >= 0.6 is 0 Å². The fraction of sp³-hybridized carbons (Fsp3) is 0.588. The normalized spacial score (nSPS) is 15.5. The lowest BCUT2D eigenvalue weighted by Gasteiger charge is -2.34. The second-order valence-corrected chi connectivity index (χ2v) is 5.69. The number of ether oxygens (including phenoxy) is 2. The predicted octanol–water partition coefficient (Wildman–Crippen LogP) is 1.56. The Morgan fingerprint density at radius 3 is 2.43 bits per heavy atom. The summed E-state index contributed by atoms with van der Waals surface area (Å²) in [5, 5.41) is 2.94. The molecule has 1 heterocycles. The number of nitrogens with zero attached hydrogens (tertiary/aromatic N) is 2. The maximum absolute atomic E-state index is 12.0. The molecule has 6 heteroatoms. The molecule has 0 atom stereocenters. The zero-order valence-electron chi connectivity index (χ0n) is 14.1. The summed E-state index contributed by atoms with van der Waals surface area (Å²) in [6.45, 7) is 5.59. The number of benzene rings is 1. The molecule has 0 spiro atoms. The van der Waals surface area contributed by atoms with Gasteiger partial charge in [-0.05, 0) is 24.1 Å². The van der Waals surface area contributed by atoms with Gasteiger partial charge in [-0.15, -0.1) is 0 Å². The second kappa shape index (κ2) is 9.37. The smallest absolute Gasteiger partial charge is 0.317 e. The van der Waals surface area contributed by atoms with Crippen LogP contribution in [0.3, 0.4) is 0 Å². The third kappa shape index (κ3) is 5.73. The molecule has 128 valence electrons. The summed E-state index contributed by atoms with van der Waals surface area (Å²) >= 11 is 0. The lowest BCUT2D eigenvalue weighted by Crippen LogP contribution is -2.51. The minimum absolute atomic E-state index is 0.0326. The first-order valence-electron chi connectivity index (χ1n) is 8.10. The van der Waals surface area contributed by atoms with Crippen molar-refractivity contribution in [3.63, 3.8) is 0 Å². The summed E-state index contributed by atoms with van der Waals surface area (Å²) in [5.74, 6) is 0.878. The molecule has 2 rings (SSSR count). The molecule has 23 heavy (non-hydrogen) atoms. The van der Waals surface area contributed by atoms with Crippen LogP contribution in [0.5, 0.6) is 5.75 Å². The summed E-state index contributed by atoms with van der Waals surface area (Å²) in [4.78, 5) is 16.3. The number of amides is 2. The molecule has 0 aromatic heterocycles. The van der Waals surface area contributed by atoms with Gasteiger partial charge in [0.2, 0.25) is 0 Å². The largest absolute Gasteiger partial charge is 0.497 e. The average Bonchev–Trinajstić information content (AvgIpc) is 2.60. The zero-order valence-corrected chi connectivity index (χ0v) is 14.1. The molecule has 1 fully saturated rings. The van der Waals surface area contributed by atoms with Gasteiger partial charge in [0.25, 0.3) is 0 Å². The summed E-state index contributed by atoms with van der Waals surface area (Å²) in [5.41, 5.74) is 1.27.